The lowest BCUT2D eigenvalue weighted by Crippen LogP contribution is -2.12. The van der Waals surface area contributed by atoms with Gasteiger partial charge in [0.1, 0.15) is 17.4 Å². The molecule has 0 aliphatic rings. The predicted octanol–water partition coefficient (Wildman–Crippen LogP) is 2.17. The molecule has 1 heterocycles. The van der Waals surface area contributed by atoms with Crippen LogP contribution < -0.4 is 10.5 Å². The number of rotatable bonds is 7. The zero-order chi connectivity index (χ0) is 15.1. The summed E-state index contributed by atoms with van der Waals surface area (Å²) in [6.07, 6.45) is 1.47. The van der Waals surface area contributed by atoms with Crippen LogP contribution in [0, 0.1) is 0 Å². The van der Waals surface area contributed by atoms with Crippen molar-refractivity contribution >= 4 is 17.4 Å². The minimum atomic E-state index is -0.797. The number of amides is 1. The van der Waals surface area contributed by atoms with Gasteiger partial charge in [0, 0.05) is 24.8 Å². The molecule has 0 radical (unpaired) electrons. The summed E-state index contributed by atoms with van der Waals surface area (Å²) < 4.78 is 10.2. The van der Waals surface area contributed by atoms with E-state index in [4.69, 9.17) is 20.3 Å². The van der Waals surface area contributed by atoms with Gasteiger partial charge >= 0.3 is 6.09 Å². The van der Waals surface area contributed by atoms with E-state index >= 15 is 0 Å². The standard InChI is InChI=1S/C14H16N2O4S/c15-14(18)20-9-12-8-16-13(21-12)10-2-4-11(5-3-10)19-7-1-6-17/h2-5,8,17H,1,6-7,9H2,(H2,15,18). The Bertz CT molecular complexity index is 583. The minimum Gasteiger partial charge on any atom is -0.494 e. The molecular formula is C14H16N2O4S. The Morgan fingerprint density at radius 1 is 1.33 bits per heavy atom. The first-order chi connectivity index (χ1) is 10.2. The maximum Gasteiger partial charge on any atom is 0.404 e. The molecule has 0 unspecified atom stereocenters. The third-order valence-corrected chi connectivity index (χ3v) is 3.60. The number of nitrogens with two attached hydrogens (primary N) is 1. The fourth-order valence-electron chi connectivity index (χ4n) is 1.60. The molecule has 6 nitrogen and oxygen atoms in total. The number of benzene rings is 1. The molecule has 0 saturated carbocycles. The molecule has 0 fully saturated rings. The first kappa shape index (κ1) is 15.3. The van der Waals surface area contributed by atoms with E-state index in [-0.39, 0.29) is 13.2 Å². The van der Waals surface area contributed by atoms with E-state index in [1.54, 1.807) is 6.20 Å². The quantitative estimate of drug-likeness (QED) is 0.764. The molecule has 7 heteroatoms. The molecule has 1 aromatic heterocycles. The Morgan fingerprint density at radius 2 is 2.10 bits per heavy atom. The van der Waals surface area contributed by atoms with Crippen LogP contribution in [0.5, 0.6) is 5.75 Å². The monoisotopic (exact) mass is 308 g/mol. The molecule has 1 aromatic carbocycles. The molecule has 2 rings (SSSR count). The summed E-state index contributed by atoms with van der Waals surface area (Å²) in [5.74, 6) is 0.751. The van der Waals surface area contributed by atoms with E-state index in [1.807, 2.05) is 24.3 Å². The van der Waals surface area contributed by atoms with Crippen LogP contribution in [0.1, 0.15) is 11.3 Å². The van der Waals surface area contributed by atoms with Crippen LogP contribution in [0.25, 0.3) is 10.6 Å². The molecule has 0 atom stereocenters. The topological polar surface area (TPSA) is 94.7 Å². The smallest absolute Gasteiger partial charge is 0.404 e. The van der Waals surface area contributed by atoms with Crippen molar-refractivity contribution in [3.63, 3.8) is 0 Å². The van der Waals surface area contributed by atoms with Crippen molar-refractivity contribution in [3.8, 4) is 16.3 Å². The maximum atomic E-state index is 10.5. The first-order valence-corrected chi connectivity index (χ1v) is 7.21. The highest BCUT2D eigenvalue weighted by molar-refractivity contribution is 7.15. The number of hydrogen-bond donors (Lipinski definition) is 2. The molecule has 3 N–H and O–H groups in total. The van der Waals surface area contributed by atoms with Crippen LogP contribution in [0.3, 0.4) is 0 Å². The number of ether oxygens (including phenoxy) is 2. The lowest BCUT2D eigenvalue weighted by molar-refractivity contribution is 0.151. The first-order valence-electron chi connectivity index (χ1n) is 6.40. The van der Waals surface area contributed by atoms with Crippen LogP contribution in [0.2, 0.25) is 0 Å². The van der Waals surface area contributed by atoms with Crippen LogP contribution >= 0.6 is 11.3 Å². The van der Waals surface area contributed by atoms with Gasteiger partial charge in [-0.15, -0.1) is 11.3 Å². The van der Waals surface area contributed by atoms with E-state index in [0.717, 1.165) is 21.2 Å². The number of carbonyl (C=O) groups is 1. The highest BCUT2D eigenvalue weighted by Gasteiger charge is 2.06. The summed E-state index contributed by atoms with van der Waals surface area (Å²) >= 11 is 1.44. The normalized spacial score (nSPS) is 10.3. The van der Waals surface area contributed by atoms with Crippen LogP contribution in [0.15, 0.2) is 30.5 Å². The van der Waals surface area contributed by atoms with Crippen molar-refractivity contribution in [2.75, 3.05) is 13.2 Å². The number of carbonyl (C=O) groups excluding carboxylic acids is 1. The van der Waals surface area contributed by atoms with Gasteiger partial charge in [-0.1, -0.05) is 0 Å². The van der Waals surface area contributed by atoms with Crippen molar-refractivity contribution in [3.05, 3.63) is 35.3 Å². The van der Waals surface area contributed by atoms with Gasteiger partial charge in [0.15, 0.2) is 0 Å². The fraction of sp³-hybridized carbons (Fsp3) is 0.286. The highest BCUT2D eigenvalue weighted by Crippen LogP contribution is 2.27. The summed E-state index contributed by atoms with van der Waals surface area (Å²) in [5.41, 5.74) is 5.88. The van der Waals surface area contributed by atoms with E-state index < -0.39 is 6.09 Å². The SMILES string of the molecule is NC(=O)OCc1cnc(-c2ccc(OCCCO)cc2)s1. The van der Waals surface area contributed by atoms with Crippen molar-refractivity contribution in [2.45, 2.75) is 13.0 Å². The number of nitrogens with zero attached hydrogens (tertiary/aromatic N) is 1. The van der Waals surface area contributed by atoms with Gasteiger partial charge in [0.25, 0.3) is 0 Å². The molecule has 0 saturated heterocycles. The minimum absolute atomic E-state index is 0.118. The van der Waals surface area contributed by atoms with Crippen molar-refractivity contribution in [2.24, 2.45) is 5.73 Å². The number of hydrogen-bond acceptors (Lipinski definition) is 6. The molecule has 0 aliphatic carbocycles. The van der Waals surface area contributed by atoms with Gasteiger partial charge in [0.05, 0.1) is 11.5 Å². The summed E-state index contributed by atoms with van der Waals surface area (Å²) in [6.45, 7) is 0.740. The summed E-state index contributed by atoms with van der Waals surface area (Å²) in [5, 5.41) is 9.52. The molecular weight excluding hydrogens is 292 g/mol. The van der Waals surface area contributed by atoms with Crippen LogP contribution in [0.4, 0.5) is 4.79 Å². The third-order valence-electron chi connectivity index (χ3n) is 2.58. The van der Waals surface area contributed by atoms with Crippen LogP contribution in [-0.4, -0.2) is 29.4 Å². The Hall–Kier alpha value is -2.12. The Morgan fingerprint density at radius 3 is 2.76 bits per heavy atom. The molecule has 1 amide bonds. The number of primary amides is 1. The van der Waals surface area contributed by atoms with Crippen molar-refractivity contribution < 1.29 is 19.4 Å². The average molecular weight is 308 g/mol. The Kier molecular flexibility index (Phi) is 5.53. The highest BCUT2D eigenvalue weighted by atomic mass is 32.1. The lowest BCUT2D eigenvalue weighted by atomic mass is 10.2. The molecule has 0 bridgehead atoms. The second kappa shape index (κ2) is 7.61. The Balaban J connectivity index is 1.96. The van der Waals surface area contributed by atoms with Crippen LogP contribution in [-0.2, 0) is 11.3 Å². The van der Waals surface area contributed by atoms with Gasteiger partial charge in [0.2, 0.25) is 0 Å². The number of aliphatic hydroxyl groups is 1. The lowest BCUT2D eigenvalue weighted by Gasteiger charge is -2.05. The average Bonchev–Trinajstić information content (AvgIpc) is 2.95. The molecule has 2 aromatic rings. The molecule has 0 spiro atoms. The van der Waals surface area contributed by atoms with E-state index in [1.165, 1.54) is 11.3 Å². The number of aliphatic hydroxyl groups excluding tert-OH is 1. The van der Waals surface area contributed by atoms with E-state index in [0.29, 0.717) is 13.0 Å². The van der Waals surface area contributed by atoms with Gasteiger partial charge in [-0.05, 0) is 24.3 Å². The molecule has 21 heavy (non-hydrogen) atoms. The zero-order valence-electron chi connectivity index (χ0n) is 11.3. The zero-order valence-corrected chi connectivity index (χ0v) is 12.1. The summed E-state index contributed by atoms with van der Waals surface area (Å²) in [6, 6.07) is 7.53. The molecule has 112 valence electrons. The van der Waals surface area contributed by atoms with E-state index in [9.17, 15) is 4.79 Å². The fourth-order valence-corrected chi connectivity index (χ4v) is 2.43. The summed E-state index contributed by atoms with van der Waals surface area (Å²) in [7, 11) is 0. The Labute approximate surface area is 126 Å². The number of aromatic nitrogens is 1. The molecule has 0 aliphatic heterocycles. The number of thiazole rings is 1. The second-order valence-electron chi connectivity index (χ2n) is 4.19. The van der Waals surface area contributed by atoms with Gasteiger partial charge in [-0.3, -0.25) is 0 Å². The maximum absolute atomic E-state index is 10.5. The van der Waals surface area contributed by atoms with Crippen molar-refractivity contribution in [1.29, 1.82) is 0 Å². The third kappa shape index (κ3) is 4.73. The van der Waals surface area contributed by atoms with Gasteiger partial charge in [-0.2, -0.15) is 0 Å². The predicted molar refractivity (Wildman–Crippen MR) is 79.1 cm³/mol. The van der Waals surface area contributed by atoms with E-state index in [2.05, 4.69) is 4.98 Å². The van der Waals surface area contributed by atoms with Gasteiger partial charge < -0.3 is 20.3 Å². The second-order valence-corrected chi connectivity index (χ2v) is 5.30. The summed E-state index contributed by atoms with van der Waals surface area (Å²) in [4.78, 5) is 15.7. The van der Waals surface area contributed by atoms with Gasteiger partial charge in [-0.25, -0.2) is 9.78 Å². The van der Waals surface area contributed by atoms with Crippen molar-refractivity contribution in [1.82, 2.24) is 4.98 Å². The largest absolute Gasteiger partial charge is 0.494 e.